The molecule has 0 aromatic heterocycles. The largest absolute Gasteiger partial charge is 0.444 e. The number of para-hydroxylation sites is 1. The van der Waals surface area contributed by atoms with E-state index in [1.165, 1.54) is 11.8 Å². The van der Waals surface area contributed by atoms with Crippen molar-refractivity contribution >= 4 is 28.8 Å². The summed E-state index contributed by atoms with van der Waals surface area (Å²) in [5.41, 5.74) is 5.33. The molecule has 2 atom stereocenters. The summed E-state index contributed by atoms with van der Waals surface area (Å²) in [5.74, 6) is -0.392. The van der Waals surface area contributed by atoms with E-state index in [1.807, 2.05) is 59.6 Å². The lowest BCUT2D eigenvalue weighted by Gasteiger charge is -2.45. The SMILES string of the molecule is Cc1ccccc1/C=C1/SC(=O)NC12Oc1ccccc1C1CC(c3ccccc3)=NN12. The van der Waals surface area contributed by atoms with Gasteiger partial charge in [0.1, 0.15) is 5.75 Å². The quantitative estimate of drug-likeness (QED) is 0.557. The highest BCUT2D eigenvalue weighted by Crippen LogP contribution is 2.52. The first-order valence-corrected chi connectivity index (χ1v) is 11.4. The number of thioether (sulfide) groups is 1. The molecule has 0 saturated carbocycles. The van der Waals surface area contributed by atoms with Gasteiger partial charge in [-0.3, -0.25) is 10.1 Å². The fraction of sp³-hybridized carbons (Fsp3) is 0.154. The number of aryl methyl sites for hydroxylation is 1. The van der Waals surface area contributed by atoms with Crippen LogP contribution < -0.4 is 10.1 Å². The maximum atomic E-state index is 12.7. The van der Waals surface area contributed by atoms with Crippen molar-refractivity contribution in [3.05, 3.63) is 106 Å². The number of hydrogen-bond donors (Lipinski definition) is 1. The number of nitrogens with zero attached hydrogens (tertiary/aromatic N) is 2. The molecule has 1 amide bonds. The molecule has 1 saturated heterocycles. The standard InChI is InChI=1S/C26H21N3O2S/c1-17-9-5-6-12-19(17)15-24-26(27-25(30)32-24)29-22(20-13-7-8-14-23(20)31-26)16-21(28-29)18-10-3-2-4-11-18/h2-15,22H,16H2,1H3,(H,27,30)/b24-15+. The van der Waals surface area contributed by atoms with Crippen molar-refractivity contribution in [2.75, 3.05) is 0 Å². The van der Waals surface area contributed by atoms with E-state index < -0.39 is 5.85 Å². The normalized spacial score (nSPS) is 24.7. The van der Waals surface area contributed by atoms with E-state index in [1.54, 1.807) is 0 Å². The molecule has 3 heterocycles. The van der Waals surface area contributed by atoms with Crippen LogP contribution in [-0.4, -0.2) is 21.8 Å². The van der Waals surface area contributed by atoms with Crippen molar-refractivity contribution in [2.45, 2.75) is 25.2 Å². The van der Waals surface area contributed by atoms with E-state index in [4.69, 9.17) is 9.84 Å². The van der Waals surface area contributed by atoms with Crippen molar-refractivity contribution in [3.63, 3.8) is 0 Å². The Kier molecular flexibility index (Phi) is 4.36. The summed E-state index contributed by atoms with van der Waals surface area (Å²) in [5, 5.41) is 9.91. The average molecular weight is 440 g/mol. The lowest BCUT2D eigenvalue weighted by Crippen LogP contribution is -2.61. The van der Waals surface area contributed by atoms with Gasteiger partial charge in [0.25, 0.3) is 5.24 Å². The number of ether oxygens (including phenoxy) is 1. The molecule has 3 aliphatic rings. The van der Waals surface area contributed by atoms with Crippen molar-refractivity contribution in [3.8, 4) is 5.75 Å². The topological polar surface area (TPSA) is 53.9 Å². The van der Waals surface area contributed by atoms with Crippen LogP contribution in [0.4, 0.5) is 4.79 Å². The molecule has 0 radical (unpaired) electrons. The van der Waals surface area contributed by atoms with Gasteiger partial charge in [-0.05, 0) is 47.5 Å². The predicted molar refractivity (Wildman–Crippen MR) is 127 cm³/mol. The third-order valence-electron chi connectivity index (χ3n) is 6.16. The Hall–Kier alpha value is -3.51. The Morgan fingerprint density at radius 1 is 1.06 bits per heavy atom. The summed E-state index contributed by atoms with van der Waals surface area (Å²) in [7, 11) is 0. The minimum atomic E-state index is -1.17. The fourth-order valence-electron chi connectivity index (χ4n) is 4.56. The zero-order chi connectivity index (χ0) is 21.7. The van der Waals surface area contributed by atoms with E-state index in [2.05, 4.69) is 42.6 Å². The van der Waals surface area contributed by atoms with Gasteiger partial charge in [0.15, 0.2) is 0 Å². The van der Waals surface area contributed by atoms with Crippen molar-refractivity contribution < 1.29 is 9.53 Å². The summed E-state index contributed by atoms with van der Waals surface area (Å²) < 4.78 is 6.57. The van der Waals surface area contributed by atoms with E-state index in [0.717, 1.165) is 45.0 Å². The van der Waals surface area contributed by atoms with Crippen LogP contribution >= 0.6 is 11.8 Å². The second-order valence-corrected chi connectivity index (χ2v) is 9.16. The molecule has 3 aromatic carbocycles. The third kappa shape index (κ3) is 2.94. The Bertz CT molecular complexity index is 1290. The third-order valence-corrected chi connectivity index (χ3v) is 7.06. The molecule has 0 bridgehead atoms. The second kappa shape index (κ2) is 7.28. The number of fused-ring (bicyclic) bond motifs is 4. The Balaban J connectivity index is 1.53. The first kappa shape index (κ1) is 19.2. The van der Waals surface area contributed by atoms with Crippen LogP contribution in [0.2, 0.25) is 0 Å². The molecule has 0 aliphatic carbocycles. The Morgan fingerprint density at radius 3 is 2.66 bits per heavy atom. The molecule has 2 unspecified atom stereocenters. The minimum Gasteiger partial charge on any atom is -0.444 e. The van der Waals surface area contributed by atoms with Gasteiger partial charge in [0.05, 0.1) is 16.7 Å². The molecule has 1 N–H and O–H groups in total. The molecule has 32 heavy (non-hydrogen) atoms. The molecular weight excluding hydrogens is 418 g/mol. The maximum Gasteiger partial charge on any atom is 0.314 e. The fourth-order valence-corrected chi connectivity index (χ4v) is 5.46. The highest BCUT2D eigenvalue weighted by Gasteiger charge is 2.58. The molecule has 3 aliphatic heterocycles. The van der Waals surface area contributed by atoms with Gasteiger partial charge in [-0.25, -0.2) is 5.01 Å². The zero-order valence-corrected chi connectivity index (χ0v) is 18.3. The minimum absolute atomic E-state index is 0.0329. The number of carbonyl (C=O) groups excluding carboxylic acids is 1. The molecule has 6 rings (SSSR count). The van der Waals surface area contributed by atoms with Gasteiger partial charge in [-0.1, -0.05) is 72.8 Å². The van der Waals surface area contributed by atoms with Crippen LogP contribution in [0.5, 0.6) is 5.75 Å². The highest BCUT2D eigenvalue weighted by molar-refractivity contribution is 8.17. The van der Waals surface area contributed by atoms with Crippen LogP contribution in [0, 0.1) is 6.92 Å². The van der Waals surface area contributed by atoms with E-state index >= 15 is 0 Å². The second-order valence-electron chi connectivity index (χ2n) is 8.14. The van der Waals surface area contributed by atoms with Gasteiger partial charge >= 0.3 is 5.85 Å². The first-order chi connectivity index (χ1) is 15.6. The van der Waals surface area contributed by atoms with Crippen molar-refractivity contribution in [2.24, 2.45) is 5.10 Å². The number of carbonyl (C=O) groups is 1. The van der Waals surface area contributed by atoms with Crippen LogP contribution in [0.1, 0.15) is 34.7 Å². The molecule has 5 nitrogen and oxygen atoms in total. The number of nitrogens with one attached hydrogen (secondary N) is 1. The van der Waals surface area contributed by atoms with Gasteiger partial charge in [0.2, 0.25) is 0 Å². The molecule has 1 fully saturated rings. The molecular formula is C26H21N3O2S. The van der Waals surface area contributed by atoms with Gasteiger partial charge in [0, 0.05) is 12.0 Å². The van der Waals surface area contributed by atoms with Crippen molar-refractivity contribution in [1.29, 1.82) is 0 Å². The summed E-state index contributed by atoms with van der Waals surface area (Å²) in [6.45, 7) is 2.06. The summed E-state index contributed by atoms with van der Waals surface area (Å²) in [4.78, 5) is 13.5. The van der Waals surface area contributed by atoms with Crippen LogP contribution in [0.15, 0.2) is 88.9 Å². The monoisotopic (exact) mass is 439 g/mol. The van der Waals surface area contributed by atoms with Gasteiger partial charge < -0.3 is 4.74 Å². The van der Waals surface area contributed by atoms with Crippen molar-refractivity contribution in [1.82, 2.24) is 10.3 Å². The summed E-state index contributed by atoms with van der Waals surface area (Å²) in [6, 6.07) is 26.3. The van der Waals surface area contributed by atoms with Crippen LogP contribution in [-0.2, 0) is 0 Å². The molecule has 6 heteroatoms. The number of hydrazone groups is 1. The smallest absolute Gasteiger partial charge is 0.314 e. The number of amides is 1. The van der Waals surface area contributed by atoms with Gasteiger partial charge in [-0.15, -0.1) is 0 Å². The highest BCUT2D eigenvalue weighted by atomic mass is 32.2. The summed E-state index contributed by atoms with van der Waals surface area (Å²) in [6.07, 6.45) is 2.78. The number of rotatable bonds is 2. The lowest BCUT2D eigenvalue weighted by atomic mass is 9.95. The zero-order valence-electron chi connectivity index (χ0n) is 17.5. The average Bonchev–Trinajstić information content (AvgIpc) is 3.39. The van der Waals surface area contributed by atoms with E-state index in [9.17, 15) is 4.79 Å². The van der Waals surface area contributed by atoms with Crippen LogP contribution in [0.25, 0.3) is 6.08 Å². The predicted octanol–water partition coefficient (Wildman–Crippen LogP) is 5.69. The first-order valence-electron chi connectivity index (χ1n) is 10.6. The maximum absolute atomic E-state index is 12.7. The molecule has 3 aromatic rings. The lowest BCUT2D eigenvalue weighted by molar-refractivity contribution is -0.0949. The van der Waals surface area contributed by atoms with E-state index in [0.29, 0.717) is 0 Å². The number of hydrogen-bond acceptors (Lipinski definition) is 5. The molecule has 158 valence electrons. The summed E-state index contributed by atoms with van der Waals surface area (Å²) >= 11 is 1.17. The van der Waals surface area contributed by atoms with E-state index in [-0.39, 0.29) is 11.3 Å². The van der Waals surface area contributed by atoms with Gasteiger partial charge in [-0.2, -0.15) is 5.10 Å². The van der Waals surface area contributed by atoms with Crippen LogP contribution in [0.3, 0.4) is 0 Å². The Morgan fingerprint density at radius 2 is 1.81 bits per heavy atom. The molecule has 1 spiro atoms. The number of benzene rings is 3. The Labute approximate surface area is 190 Å².